The summed E-state index contributed by atoms with van der Waals surface area (Å²) in [5.74, 6) is 3.72. The molecule has 0 amide bonds. The minimum atomic E-state index is 0.448. The van der Waals surface area contributed by atoms with Gasteiger partial charge in [0.15, 0.2) is 0 Å². The zero-order valence-electron chi connectivity index (χ0n) is 13.2. The van der Waals surface area contributed by atoms with E-state index in [0.29, 0.717) is 19.3 Å². The highest BCUT2D eigenvalue weighted by molar-refractivity contribution is 5.38. The van der Waals surface area contributed by atoms with Crippen LogP contribution >= 0.6 is 0 Å². The van der Waals surface area contributed by atoms with Crippen LogP contribution in [0, 0.1) is 17.8 Å². The van der Waals surface area contributed by atoms with Gasteiger partial charge in [-0.3, -0.25) is 0 Å². The van der Waals surface area contributed by atoms with E-state index in [1.807, 2.05) is 0 Å². The van der Waals surface area contributed by atoms with Gasteiger partial charge in [0.05, 0.1) is 6.61 Å². The summed E-state index contributed by atoms with van der Waals surface area (Å²) in [4.78, 5) is 0. The fraction of sp³-hybridized carbons (Fsp3) is 0.667. The fourth-order valence-electron chi connectivity index (χ4n) is 4.15. The number of hydrogen-bond donors (Lipinski definition) is 1. The maximum absolute atomic E-state index is 5.94. The first-order valence-electron chi connectivity index (χ1n) is 8.30. The predicted molar refractivity (Wildman–Crippen MR) is 84.6 cm³/mol. The Bertz CT molecular complexity index is 452. The van der Waals surface area contributed by atoms with Crippen molar-refractivity contribution in [2.75, 3.05) is 26.9 Å². The van der Waals surface area contributed by atoms with Crippen LogP contribution in [0.4, 0.5) is 0 Å². The van der Waals surface area contributed by atoms with E-state index >= 15 is 0 Å². The topological polar surface area (TPSA) is 30.5 Å². The fourth-order valence-corrected chi connectivity index (χ4v) is 4.15. The highest BCUT2D eigenvalue weighted by Gasteiger charge is 2.56. The van der Waals surface area contributed by atoms with Crippen molar-refractivity contribution in [3.05, 3.63) is 29.8 Å². The van der Waals surface area contributed by atoms with Crippen LogP contribution in [0.5, 0.6) is 5.75 Å². The van der Waals surface area contributed by atoms with Crippen LogP contribution in [-0.4, -0.2) is 26.9 Å². The number of fused-ring (bicyclic) bond motifs is 1. The monoisotopic (exact) mass is 289 g/mol. The van der Waals surface area contributed by atoms with Gasteiger partial charge in [-0.05, 0) is 43.2 Å². The normalized spacial score (nSPS) is 28.2. The van der Waals surface area contributed by atoms with E-state index in [9.17, 15) is 0 Å². The number of benzene rings is 1. The standard InChI is InChI=1S/C18H27NO2/c1-3-19-18(17-13-8-6-9-14(13)17)15-7-4-5-10-16(15)21-12-11-20-2/h4-5,7,10,13-14,17-19H,3,6,8-9,11-12H2,1-2H3. The third kappa shape index (κ3) is 3.09. The highest BCUT2D eigenvalue weighted by atomic mass is 16.5. The highest BCUT2D eigenvalue weighted by Crippen LogP contribution is 2.62. The van der Waals surface area contributed by atoms with E-state index in [2.05, 4.69) is 36.5 Å². The third-order valence-electron chi connectivity index (χ3n) is 5.08. The van der Waals surface area contributed by atoms with Crippen LogP contribution < -0.4 is 10.1 Å². The van der Waals surface area contributed by atoms with Gasteiger partial charge in [0.25, 0.3) is 0 Å². The van der Waals surface area contributed by atoms with Crippen molar-refractivity contribution in [1.29, 1.82) is 0 Å². The van der Waals surface area contributed by atoms with Crippen LogP contribution in [0.1, 0.15) is 37.8 Å². The van der Waals surface area contributed by atoms with Gasteiger partial charge < -0.3 is 14.8 Å². The second-order valence-corrected chi connectivity index (χ2v) is 6.25. The van der Waals surface area contributed by atoms with E-state index < -0.39 is 0 Å². The summed E-state index contributed by atoms with van der Waals surface area (Å²) in [5, 5.41) is 3.71. The molecule has 0 aromatic heterocycles. The van der Waals surface area contributed by atoms with Crippen molar-refractivity contribution in [2.45, 2.75) is 32.2 Å². The summed E-state index contributed by atoms with van der Waals surface area (Å²) in [6.45, 7) is 4.45. The quantitative estimate of drug-likeness (QED) is 0.744. The van der Waals surface area contributed by atoms with Crippen molar-refractivity contribution in [1.82, 2.24) is 5.32 Å². The van der Waals surface area contributed by atoms with Crippen molar-refractivity contribution >= 4 is 0 Å². The van der Waals surface area contributed by atoms with Gasteiger partial charge in [-0.15, -0.1) is 0 Å². The SMILES string of the molecule is CCNC(c1ccccc1OCCOC)C1C2CCCC21. The van der Waals surface area contributed by atoms with Gasteiger partial charge >= 0.3 is 0 Å². The van der Waals surface area contributed by atoms with Crippen molar-refractivity contribution in [3.63, 3.8) is 0 Å². The average Bonchev–Trinajstić information content (AvgIpc) is 2.97. The van der Waals surface area contributed by atoms with Crippen LogP contribution in [0.3, 0.4) is 0 Å². The number of hydrogen-bond acceptors (Lipinski definition) is 3. The summed E-state index contributed by atoms with van der Waals surface area (Å²) < 4.78 is 11.0. The molecular weight excluding hydrogens is 262 g/mol. The van der Waals surface area contributed by atoms with Gasteiger partial charge in [0.2, 0.25) is 0 Å². The Morgan fingerprint density at radius 3 is 2.67 bits per heavy atom. The largest absolute Gasteiger partial charge is 0.491 e. The van der Waals surface area contributed by atoms with E-state index in [0.717, 1.165) is 30.0 Å². The zero-order chi connectivity index (χ0) is 14.7. The first-order chi connectivity index (χ1) is 10.4. The molecule has 0 bridgehead atoms. The van der Waals surface area contributed by atoms with Gasteiger partial charge in [-0.25, -0.2) is 0 Å². The van der Waals surface area contributed by atoms with Crippen LogP contribution in [0.25, 0.3) is 0 Å². The van der Waals surface area contributed by atoms with Gasteiger partial charge in [-0.2, -0.15) is 0 Å². The van der Waals surface area contributed by atoms with E-state index in [1.54, 1.807) is 7.11 Å². The summed E-state index contributed by atoms with van der Waals surface area (Å²) >= 11 is 0. The predicted octanol–water partition coefficient (Wildman–Crippen LogP) is 3.41. The summed E-state index contributed by atoms with van der Waals surface area (Å²) in [5.41, 5.74) is 1.33. The summed E-state index contributed by atoms with van der Waals surface area (Å²) in [7, 11) is 1.71. The molecule has 0 saturated heterocycles. The smallest absolute Gasteiger partial charge is 0.124 e. The molecule has 2 aliphatic carbocycles. The second kappa shape index (κ2) is 6.80. The maximum atomic E-state index is 5.94. The third-order valence-corrected chi connectivity index (χ3v) is 5.08. The number of para-hydroxylation sites is 1. The molecule has 0 heterocycles. The second-order valence-electron chi connectivity index (χ2n) is 6.25. The first-order valence-corrected chi connectivity index (χ1v) is 8.30. The maximum Gasteiger partial charge on any atom is 0.124 e. The lowest BCUT2D eigenvalue weighted by Crippen LogP contribution is -2.25. The van der Waals surface area contributed by atoms with E-state index in [-0.39, 0.29) is 0 Å². The molecule has 1 aromatic rings. The Morgan fingerprint density at radius 1 is 1.19 bits per heavy atom. The van der Waals surface area contributed by atoms with Gasteiger partial charge in [0, 0.05) is 18.7 Å². The molecule has 1 aromatic carbocycles. The molecule has 3 heteroatoms. The van der Waals surface area contributed by atoms with Crippen LogP contribution in [-0.2, 0) is 4.74 Å². The number of methoxy groups -OCH3 is 1. The van der Waals surface area contributed by atoms with Crippen LogP contribution in [0.15, 0.2) is 24.3 Å². The average molecular weight is 289 g/mol. The molecule has 3 rings (SSSR count). The van der Waals surface area contributed by atoms with Gasteiger partial charge in [0.1, 0.15) is 12.4 Å². The molecule has 21 heavy (non-hydrogen) atoms. The van der Waals surface area contributed by atoms with Crippen molar-refractivity contribution < 1.29 is 9.47 Å². The van der Waals surface area contributed by atoms with Crippen molar-refractivity contribution in [3.8, 4) is 5.75 Å². The summed E-state index contributed by atoms with van der Waals surface area (Å²) in [6.07, 6.45) is 4.27. The molecule has 2 aliphatic rings. The zero-order valence-corrected chi connectivity index (χ0v) is 13.2. The van der Waals surface area contributed by atoms with E-state index in [4.69, 9.17) is 9.47 Å². The molecule has 116 valence electrons. The molecule has 0 aliphatic heterocycles. The Morgan fingerprint density at radius 2 is 1.95 bits per heavy atom. The summed E-state index contributed by atoms with van der Waals surface area (Å²) in [6, 6.07) is 8.95. The van der Waals surface area contributed by atoms with E-state index in [1.165, 1.54) is 24.8 Å². The van der Waals surface area contributed by atoms with Crippen LogP contribution in [0.2, 0.25) is 0 Å². The molecule has 0 radical (unpaired) electrons. The molecule has 2 saturated carbocycles. The van der Waals surface area contributed by atoms with Gasteiger partial charge in [-0.1, -0.05) is 31.5 Å². The lowest BCUT2D eigenvalue weighted by molar-refractivity contribution is 0.145. The van der Waals surface area contributed by atoms with Crippen molar-refractivity contribution in [2.24, 2.45) is 17.8 Å². The molecule has 0 spiro atoms. The molecule has 2 fully saturated rings. The first kappa shape index (κ1) is 14.9. The Balaban J connectivity index is 1.75. The Labute approximate surface area is 128 Å². The minimum absolute atomic E-state index is 0.448. The molecule has 1 N–H and O–H groups in total. The molecular formula is C18H27NO2. The molecule has 3 nitrogen and oxygen atoms in total. The lowest BCUT2D eigenvalue weighted by atomic mass is 9.96. The molecule has 3 atom stereocenters. The lowest BCUT2D eigenvalue weighted by Gasteiger charge is -2.23. The number of nitrogens with one attached hydrogen (secondary N) is 1. The number of rotatable bonds is 8. The molecule has 3 unspecified atom stereocenters. The Hall–Kier alpha value is -1.06. The number of ether oxygens (including phenoxy) is 2. The minimum Gasteiger partial charge on any atom is -0.491 e. The Kier molecular flexibility index (Phi) is 4.81.